The molecule has 0 aliphatic heterocycles. The molecular weight excluding hydrogens is 749 g/mol. The molecule has 1 unspecified atom stereocenters. The Morgan fingerprint density at radius 2 is 1.23 bits per heavy atom. The van der Waals surface area contributed by atoms with Crippen LogP contribution in [0.4, 0.5) is 0 Å². The maximum absolute atomic E-state index is 12.7. The van der Waals surface area contributed by atoms with Gasteiger partial charge in [0.15, 0.2) is 6.10 Å². The van der Waals surface area contributed by atoms with E-state index in [2.05, 4.69) is 6.92 Å². The number of aliphatic hydroxyl groups is 3. The number of carbonyl (C=O) groups excluding carboxylic acids is 2. The molecule has 0 aliphatic rings. The summed E-state index contributed by atoms with van der Waals surface area (Å²) in [6, 6.07) is 0. The normalized spacial score (nSPS) is 15.9. The van der Waals surface area contributed by atoms with E-state index in [1.807, 2.05) is 40.2 Å². The molecule has 0 bridgehead atoms. The highest BCUT2D eigenvalue weighted by Gasteiger charge is 2.22. The van der Waals surface area contributed by atoms with Crippen molar-refractivity contribution in [3.8, 4) is 0 Å². The molecule has 0 aliphatic carbocycles. The van der Waals surface area contributed by atoms with Gasteiger partial charge in [-0.2, -0.15) is 0 Å². The number of phosphoric ester groups is 1. The molecule has 0 aromatic rings. The number of carbonyl (C=O) groups is 2. The minimum Gasteiger partial charge on any atom is -0.756 e. The number of nitrogens with zero attached hydrogens (tertiary/aromatic N) is 1. The lowest BCUT2D eigenvalue weighted by atomic mass is 10.0. The van der Waals surface area contributed by atoms with Crippen molar-refractivity contribution in [2.45, 2.75) is 160 Å². The number of esters is 2. The number of hydrogen-bond acceptors (Lipinski definition) is 11. The summed E-state index contributed by atoms with van der Waals surface area (Å²) in [7, 11) is 0.940. The van der Waals surface area contributed by atoms with Gasteiger partial charge in [0.2, 0.25) is 0 Å². The highest BCUT2D eigenvalue weighted by atomic mass is 31.2. The zero-order valence-electron chi connectivity index (χ0n) is 35.8. The van der Waals surface area contributed by atoms with E-state index in [9.17, 15) is 34.4 Å². The van der Waals surface area contributed by atoms with Crippen LogP contribution >= 0.6 is 7.82 Å². The quantitative estimate of drug-likeness (QED) is 0.0139. The van der Waals surface area contributed by atoms with Crippen LogP contribution in [0.5, 0.6) is 0 Å². The monoisotopic (exact) mass is 828 g/mol. The third-order valence-corrected chi connectivity index (χ3v) is 9.86. The Kier molecular flexibility index (Phi) is 34.0. The van der Waals surface area contributed by atoms with Crippen molar-refractivity contribution in [3.05, 3.63) is 60.8 Å². The number of phosphoric acid groups is 1. The number of ether oxygens (including phenoxy) is 2. The van der Waals surface area contributed by atoms with Gasteiger partial charge in [0.1, 0.15) is 19.8 Å². The predicted octanol–water partition coefficient (Wildman–Crippen LogP) is 7.96. The molecule has 0 aromatic heterocycles. The van der Waals surface area contributed by atoms with Crippen molar-refractivity contribution in [2.75, 3.05) is 47.5 Å². The Bertz CT molecular complexity index is 1210. The fraction of sp³-hybridized carbons (Fsp3) is 0.727. The van der Waals surface area contributed by atoms with Gasteiger partial charge >= 0.3 is 11.9 Å². The highest BCUT2D eigenvalue weighted by Crippen LogP contribution is 2.38. The van der Waals surface area contributed by atoms with Crippen LogP contribution in [0.25, 0.3) is 0 Å². The van der Waals surface area contributed by atoms with E-state index in [1.165, 1.54) is 63.9 Å². The van der Waals surface area contributed by atoms with Gasteiger partial charge in [-0.15, -0.1) is 0 Å². The number of rotatable bonds is 37. The third kappa shape index (κ3) is 37.6. The molecule has 57 heavy (non-hydrogen) atoms. The van der Waals surface area contributed by atoms with Gasteiger partial charge in [-0.1, -0.05) is 152 Å². The van der Waals surface area contributed by atoms with E-state index in [-0.39, 0.29) is 38.9 Å². The number of allylic oxidation sites excluding steroid dienone is 7. The first-order valence-electron chi connectivity index (χ1n) is 21.3. The molecule has 0 aromatic carbocycles. The number of quaternary nitrogens is 1. The number of unbranched alkanes of at least 4 members (excludes halogenated alkanes) is 12. The van der Waals surface area contributed by atoms with Crippen LogP contribution in [0, 0.1) is 0 Å². The van der Waals surface area contributed by atoms with Crippen LogP contribution in [0.15, 0.2) is 60.8 Å². The van der Waals surface area contributed by atoms with Gasteiger partial charge < -0.3 is 43.2 Å². The van der Waals surface area contributed by atoms with Gasteiger partial charge in [-0.25, -0.2) is 0 Å². The second kappa shape index (κ2) is 35.5. The molecule has 3 N–H and O–H groups in total. The molecule has 0 radical (unpaired) electrons. The predicted molar refractivity (Wildman–Crippen MR) is 226 cm³/mol. The summed E-state index contributed by atoms with van der Waals surface area (Å²) in [4.78, 5) is 37.5. The average molecular weight is 828 g/mol. The average Bonchev–Trinajstić information content (AvgIpc) is 3.15. The van der Waals surface area contributed by atoms with Crippen molar-refractivity contribution in [2.24, 2.45) is 0 Å². The topological polar surface area (TPSA) is 172 Å². The number of likely N-dealkylation sites (N-methyl/N-ethyl adjacent to an activating group) is 1. The summed E-state index contributed by atoms with van der Waals surface area (Å²) in [6.07, 6.45) is 30.5. The molecule has 13 heteroatoms. The van der Waals surface area contributed by atoms with E-state index in [0.29, 0.717) is 23.9 Å². The SMILES string of the molecule is CC/C=C\C[C@H](O)/C=C/C=C/C=C\C=C/[C@@H](O)[C@H](O)CCCC(=O)O[C@H](COC(=O)CCCCCCCCCCCCCCC)COP(=O)([O-])OCC[N+](C)(C)C. The number of hydrogen-bond donors (Lipinski definition) is 3. The standard InChI is InChI=1S/C44H78NO11P/c1-6-8-10-11-12-13-14-15-16-17-18-23-27-33-43(49)53-37-40(38-55-57(51,52)54-36-35-45(3,4)5)56-44(50)34-28-32-42(48)41(47)31-26-22-20-19-21-25-30-39(46)29-24-9-7-2/h9,19-22,24-26,30-31,39-42,46-48H,6-8,10-18,23,27-29,32-38H2,1-5H3/b21-19+,22-20-,24-9-,30-25+,31-26-/t39-,40+,41+,42+/m0/s1. The maximum atomic E-state index is 12.7. The van der Waals surface area contributed by atoms with Crippen LogP contribution in [-0.2, 0) is 32.7 Å². The van der Waals surface area contributed by atoms with Crippen molar-refractivity contribution < 1.29 is 57.4 Å². The van der Waals surface area contributed by atoms with Gasteiger partial charge in [0.25, 0.3) is 7.82 Å². The van der Waals surface area contributed by atoms with E-state index in [1.54, 1.807) is 42.5 Å². The first kappa shape index (κ1) is 54.6. The van der Waals surface area contributed by atoms with Crippen LogP contribution in [0.2, 0.25) is 0 Å². The Morgan fingerprint density at radius 3 is 1.81 bits per heavy atom. The summed E-state index contributed by atoms with van der Waals surface area (Å²) in [5, 5.41) is 30.5. The lowest BCUT2D eigenvalue weighted by molar-refractivity contribution is -0.870. The zero-order valence-corrected chi connectivity index (χ0v) is 36.7. The minimum atomic E-state index is -4.72. The number of aliphatic hydroxyl groups excluding tert-OH is 3. The third-order valence-electron chi connectivity index (χ3n) is 8.89. The Labute approximate surface area is 344 Å². The lowest BCUT2D eigenvalue weighted by Gasteiger charge is -2.28. The molecule has 0 spiro atoms. The Balaban J connectivity index is 4.74. The van der Waals surface area contributed by atoms with E-state index in [0.717, 1.165) is 25.7 Å². The Hall–Kier alpha value is -2.41. The summed E-state index contributed by atoms with van der Waals surface area (Å²) in [5.74, 6) is -1.17. The zero-order chi connectivity index (χ0) is 42.6. The van der Waals surface area contributed by atoms with E-state index in [4.69, 9.17) is 18.5 Å². The molecule has 5 atom stereocenters. The minimum absolute atomic E-state index is 0.0932. The largest absolute Gasteiger partial charge is 0.756 e. The van der Waals surface area contributed by atoms with E-state index < -0.39 is 50.8 Å². The molecule has 0 heterocycles. The summed E-state index contributed by atoms with van der Waals surface area (Å²) in [5.41, 5.74) is 0. The second-order valence-corrected chi connectivity index (χ2v) is 17.0. The second-order valence-electron chi connectivity index (χ2n) is 15.6. The fourth-order valence-electron chi connectivity index (χ4n) is 5.41. The molecule has 0 amide bonds. The smallest absolute Gasteiger partial charge is 0.306 e. The maximum Gasteiger partial charge on any atom is 0.306 e. The fourth-order valence-corrected chi connectivity index (χ4v) is 6.14. The van der Waals surface area contributed by atoms with Crippen LogP contribution in [0.3, 0.4) is 0 Å². The first-order valence-corrected chi connectivity index (χ1v) is 22.8. The molecule has 12 nitrogen and oxygen atoms in total. The molecular formula is C44H78NO11P. The molecule has 0 fully saturated rings. The molecule has 0 saturated heterocycles. The van der Waals surface area contributed by atoms with Gasteiger partial charge in [-0.05, 0) is 32.1 Å². The highest BCUT2D eigenvalue weighted by molar-refractivity contribution is 7.45. The summed E-state index contributed by atoms with van der Waals surface area (Å²) in [6.45, 7) is 3.61. The van der Waals surface area contributed by atoms with Crippen LogP contribution in [-0.4, -0.2) is 104 Å². The lowest BCUT2D eigenvalue weighted by Crippen LogP contribution is -2.37. The van der Waals surface area contributed by atoms with Crippen molar-refractivity contribution >= 4 is 19.8 Å². The molecule has 330 valence electrons. The van der Waals surface area contributed by atoms with E-state index >= 15 is 0 Å². The Morgan fingerprint density at radius 1 is 0.684 bits per heavy atom. The molecule has 0 saturated carbocycles. The summed E-state index contributed by atoms with van der Waals surface area (Å²) >= 11 is 0. The van der Waals surface area contributed by atoms with Crippen molar-refractivity contribution in [1.82, 2.24) is 0 Å². The van der Waals surface area contributed by atoms with Gasteiger partial charge in [0.05, 0.1) is 46.1 Å². The van der Waals surface area contributed by atoms with Gasteiger partial charge in [-0.3, -0.25) is 14.2 Å². The molecule has 0 rings (SSSR count). The van der Waals surface area contributed by atoms with Crippen molar-refractivity contribution in [3.63, 3.8) is 0 Å². The summed E-state index contributed by atoms with van der Waals surface area (Å²) < 4.78 is 33.5. The van der Waals surface area contributed by atoms with Crippen LogP contribution in [0.1, 0.15) is 136 Å². The van der Waals surface area contributed by atoms with Crippen LogP contribution < -0.4 is 4.89 Å². The van der Waals surface area contributed by atoms with Crippen molar-refractivity contribution in [1.29, 1.82) is 0 Å². The first-order chi connectivity index (χ1) is 27.2. The van der Waals surface area contributed by atoms with Gasteiger partial charge in [0, 0.05) is 12.8 Å².